The van der Waals surface area contributed by atoms with Gasteiger partial charge in [0.2, 0.25) is 0 Å². The van der Waals surface area contributed by atoms with Crippen LogP contribution in [0, 0.1) is 46.6 Å². The van der Waals surface area contributed by atoms with Crippen LogP contribution in [0.4, 0.5) is 25.8 Å². The van der Waals surface area contributed by atoms with E-state index in [1.165, 1.54) is 106 Å². The largest absolute Gasteiger partial charge is 1.00 e. The van der Waals surface area contributed by atoms with Gasteiger partial charge in [0.1, 0.15) is 29.1 Å². The van der Waals surface area contributed by atoms with Gasteiger partial charge in [-0.15, -0.1) is 0 Å². The Kier molecular flexibility index (Phi) is 39.7. The predicted molar refractivity (Wildman–Crippen MR) is 366 cm³/mol. The summed E-state index contributed by atoms with van der Waals surface area (Å²) in [7, 11) is 2.61. The summed E-state index contributed by atoms with van der Waals surface area (Å²) in [6, 6.07) is 31.6. The molecule has 0 aliphatic rings. The maximum atomic E-state index is 12.9. The maximum Gasteiger partial charge on any atom is 1.00 e. The summed E-state index contributed by atoms with van der Waals surface area (Å²) < 4.78 is 34.1. The number of nitrogens with zero attached hydrogens (tertiary/aromatic N) is 4. The van der Waals surface area contributed by atoms with Crippen LogP contribution in [-0.2, 0) is 28.7 Å². The molecule has 0 bridgehead atoms. The average molecular weight is 1340 g/mol. The molecule has 3 heterocycles. The van der Waals surface area contributed by atoms with E-state index in [0.29, 0.717) is 139 Å². The van der Waals surface area contributed by atoms with Crippen molar-refractivity contribution >= 4 is 79.4 Å². The number of ketones is 1. The number of aromatic carboxylic acids is 1. The summed E-state index contributed by atoms with van der Waals surface area (Å²) >= 11 is 0. The van der Waals surface area contributed by atoms with Gasteiger partial charge < -0.3 is 51.8 Å². The fraction of sp³-hybridized carbons (Fsp3) is 0.314. The van der Waals surface area contributed by atoms with Gasteiger partial charge in [-0.3, -0.25) is 24.0 Å². The van der Waals surface area contributed by atoms with Crippen molar-refractivity contribution in [3.63, 3.8) is 0 Å². The Balaban J connectivity index is 0. The van der Waals surface area contributed by atoms with Crippen molar-refractivity contribution in [2.75, 3.05) is 31.0 Å². The van der Waals surface area contributed by atoms with Crippen LogP contribution in [0.5, 0.6) is 0 Å². The van der Waals surface area contributed by atoms with E-state index in [2.05, 4.69) is 64.6 Å². The number of carbonyl (C=O) groups is 5. The molecule has 9 aromatic rings. The van der Waals surface area contributed by atoms with Crippen molar-refractivity contribution in [1.29, 1.82) is 5.26 Å². The molecular formula is C70H87F2KN10O12. The summed E-state index contributed by atoms with van der Waals surface area (Å²) in [5.74, 6) is 0.455. The van der Waals surface area contributed by atoms with Gasteiger partial charge in [-0.25, -0.2) is 38.1 Å². The molecule has 0 radical (unpaired) electrons. The Morgan fingerprint density at radius 1 is 0.547 bits per heavy atom. The number of fused-ring (bicyclic) bond motifs is 3. The minimum Gasteiger partial charge on any atom is -0.870 e. The van der Waals surface area contributed by atoms with Crippen LogP contribution in [0.2, 0.25) is 0 Å². The zero-order valence-electron chi connectivity index (χ0n) is 53.4. The number of nitrogens with one attached hydrogen (secondary N) is 4. The number of nitriles is 1. The van der Waals surface area contributed by atoms with Crippen LogP contribution in [0.3, 0.4) is 0 Å². The van der Waals surface area contributed by atoms with Crippen LogP contribution >= 0.6 is 0 Å². The Bertz CT molecular complexity index is 4190. The summed E-state index contributed by atoms with van der Waals surface area (Å²) in [6.07, 6.45) is 2.67. The number of amides is 1. The normalized spacial score (nSPS) is 9.89. The molecule has 0 fully saturated rings. The zero-order chi connectivity index (χ0) is 66.9. The van der Waals surface area contributed by atoms with E-state index >= 15 is 0 Å². The van der Waals surface area contributed by atoms with E-state index in [1.54, 1.807) is 36.4 Å². The Labute approximate surface area is 594 Å². The van der Waals surface area contributed by atoms with Crippen molar-refractivity contribution < 1.29 is 104 Å². The molecule has 0 unspecified atom stereocenters. The molecule has 95 heavy (non-hydrogen) atoms. The number of Topliss-reactive ketones (excluding diaryl/α,β-unsaturated/α-hetero) is 1. The molecule has 0 saturated heterocycles. The molecular weight excluding hydrogens is 1250 g/mol. The summed E-state index contributed by atoms with van der Waals surface area (Å²) in [6.45, 7) is 17.7. The average Bonchev–Trinajstić information content (AvgIpc) is 0.840. The van der Waals surface area contributed by atoms with E-state index in [0.717, 1.165) is 0 Å². The third-order valence-electron chi connectivity index (χ3n) is 12.3. The van der Waals surface area contributed by atoms with Crippen LogP contribution in [-0.4, -0.2) is 84.3 Å². The van der Waals surface area contributed by atoms with Crippen molar-refractivity contribution in [2.24, 2.45) is 23.7 Å². The number of H-pyrrole nitrogens is 3. The standard InChI is InChI=1S/C19H18FN3O2.C14H16N2O3.C13H14N2O3.C10H11NO3.C6H6FN.C5H9N.3CH4.K.H2O/c1-11(2)9-17-22-16-10-12(3-8-15(16)19(25)23-17)18(24)21-14-6-4-13(20)5-7-14;1-8(2)6-12-15-11-7-9(14(18)19-3)4-5-10(11)13(17)16-12;1-7(2)5-11-14-10-6-8(13(17)18)3-4-9(10)12(16)15-11;1-6(12)8-4-3-7(5-9(8)11)10(13)14-2;7-5-1-3-6(8)4-2-5;1-5(2)3-4-6;;;;;/h3-8,10-11H,9H2,1-2H3,(H,21,24)(H,22,23,25);4-5,7-8H,6H2,1-3H3,(H,15,16,17);3-4,6-7H,5H2,1-2H3,(H,17,18)(H,14,15,16);3-5H,11H2,1-2H3;1-4H,8H2;5H,3H2,1-2H3;3*1H4;;1H2/q;;;;;;;;;+1;/p-1. The second-order valence-corrected chi connectivity index (χ2v) is 21.9. The number of carboxylic acid groups (broad SMARTS) is 1. The third kappa shape index (κ3) is 28.9. The number of aromatic amines is 3. The molecule has 3 aromatic heterocycles. The van der Waals surface area contributed by atoms with E-state index in [4.69, 9.17) is 21.8 Å². The minimum absolute atomic E-state index is 0. The fourth-order valence-corrected chi connectivity index (χ4v) is 8.04. The van der Waals surface area contributed by atoms with Gasteiger partial charge in [-0.2, -0.15) is 5.26 Å². The first kappa shape index (κ1) is 87.9. The maximum absolute atomic E-state index is 12.9. The number of rotatable bonds is 13. The van der Waals surface area contributed by atoms with E-state index in [9.17, 15) is 47.1 Å². The van der Waals surface area contributed by atoms with Crippen LogP contribution in [0.15, 0.2) is 136 Å². The van der Waals surface area contributed by atoms with Gasteiger partial charge >= 0.3 is 69.3 Å². The molecule has 10 N–H and O–H groups in total. The minimum atomic E-state index is -1.02. The van der Waals surface area contributed by atoms with Gasteiger partial charge in [0.15, 0.2) is 5.78 Å². The van der Waals surface area contributed by atoms with Crippen molar-refractivity contribution in [3.8, 4) is 6.07 Å². The number of aromatic nitrogens is 6. The Morgan fingerprint density at radius 3 is 1.22 bits per heavy atom. The predicted octanol–water partition coefficient (Wildman–Crippen LogP) is 10.2. The number of ether oxygens (including phenoxy) is 2. The number of carbonyl (C=O) groups excluding carboxylic acids is 4. The summed E-state index contributed by atoms with van der Waals surface area (Å²) in [5.41, 5.74) is 14.7. The molecule has 6 aromatic carbocycles. The number of hydrogen-bond acceptors (Lipinski definition) is 17. The number of nitrogens with two attached hydrogens (primary N) is 2. The van der Waals surface area contributed by atoms with Gasteiger partial charge in [-0.1, -0.05) is 77.7 Å². The topological polar surface area (TPSA) is 379 Å². The number of hydrogen-bond donors (Lipinski definition) is 7. The summed E-state index contributed by atoms with van der Waals surface area (Å²) in [5, 5.41) is 20.9. The first-order valence-corrected chi connectivity index (χ1v) is 28.4. The smallest absolute Gasteiger partial charge is 0.870 e. The van der Waals surface area contributed by atoms with E-state index < -0.39 is 17.9 Å². The molecule has 25 heteroatoms. The molecule has 0 spiro atoms. The van der Waals surface area contributed by atoms with Gasteiger partial charge in [-0.05, 0) is 152 Å². The van der Waals surface area contributed by atoms with E-state index in [1.807, 2.05) is 41.5 Å². The first-order valence-electron chi connectivity index (χ1n) is 28.4. The molecule has 22 nitrogen and oxygen atoms in total. The van der Waals surface area contributed by atoms with Gasteiger partial charge in [0.25, 0.3) is 22.6 Å². The number of esters is 2. The molecule has 0 aliphatic heterocycles. The monoisotopic (exact) mass is 1340 g/mol. The fourth-order valence-electron chi connectivity index (χ4n) is 8.04. The van der Waals surface area contributed by atoms with Crippen molar-refractivity contribution in [3.05, 3.63) is 209 Å². The molecule has 9 rings (SSSR count). The number of methoxy groups -OCH3 is 2. The van der Waals surface area contributed by atoms with Gasteiger partial charge in [0, 0.05) is 53.9 Å². The molecule has 0 aliphatic carbocycles. The summed E-state index contributed by atoms with van der Waals surface area (Å²) in [4.78, 5) is 114. The third-order valence-corrected chi connectivity index (χ3v) is 12.3. The number of benzene rings is 6. The molecule has 0 atom stereocenters. The van der Waals surface area contributed by atoms with Crippen LogP contribution < -0.4 is 84.8 Å². The molecule has 1 amide bonds. The van der Waals surface area contributed by atoms with E-state index in [-0.39, 0.29) is 125 Å². The number of nitrogen functional groups attached to an aromatic ring is 2. The quantitative estimate of drug-likeness (QED) is 0.0244. The first-order chi connectivity index (χ1) is 42.5. The van der Waals surface area contributed by atoms with Crippen molar-refractivity contribution in [2.45, 2.75) is 110 Å². The van der Waals surface area contributed by atoms with Crippen molar-refractivity contribution in [1.82, 2.24) is 29.9 Å². The Morgan fingerprint density at radius 2 is 0.895 bits per heavy atom. The number of halogens is 2. The number of carboxylic acids is 1. The molecule has 504 valence electrons. The van der Waals surface area contributed by atoms with Gasteiger partial charge in [0.05, 0.1) is 69.7 Å². The molecule has 0 saturated carbocycles. The Hall–Kier alpha value is -9.16. The second kappa shape index (κ2) is 42.9. The SMILES string of the molecule is C.C.C.CC(C)CC#N.CC(C)Cc1nc2cc(C(=O)Nc3ccc(F)cc3)ccc2c(=O)[nH]1.CC(C)Cc1nc2cc(C(=O)O)ccc2c(=O)[nH]1.COC(=O)c1ccc(C(C)=O)c(N)c1.COC(=O)c1ccc2c(=O)[nH]c(CC(C)C)nc2c1.Nc1ccc(F)cc1.[K+].[OH-]. The van der Waals surface area contributed by atoms with Crippen LogP contribution in [0.1, 0.15) is 160 Å². The number of anilines is 3. The van der Waals surface area contributed by atoms with Crippen LogP contribution in [0.25, 0.3) is 32.7 Å². The second-order valence-electron chi connectivity index (χ2n) is 21.9. The zero-order valence-corrected chi connectivity index (χ0v) is 56.5.